The van der Waals surface area contributed by atoms with E-state index in [0.717, 1.165) is 0 Å². The molecule has 0 spiro atoms. The second kappa shape index (κ2) is 9.03. The Hall–Kier alpha value is -3.40. The molecule has 0 unspecified atom stereocenters. The van der Waals surface area contributed by atoms with Crippen LogP contribution >= 0.6 is 0 Å². The van der Waals surface area contributed by atoms with E-state index in [1.54, 1.807) is 49.6 Å². The number of benzene rings is 2. The number of carbonyl (C=O) groups is 1. The fraction of sp³-hybridized carbons (Fsp3) is 0.222. The molecule has 0 radical (unpaired) electrons. The van der Waals surface area contributed by atoms with Crippen molar-refractivity contribution in [1.82, 2.24) is 5.32 Å². The van der Waals surface area contributed by atoms with Crippen molar-refractivity contribution >= 4 is 11.7 Å². The van der Waals surface area contributed by atoms with Gasteiger partial charge in [0, 0.05) is 5.69 Å². The highest BCUT2D eigenvalue weighted by molar-refractivity contribution is 5.89. The minimum Gasteiger partial charge on any atom is -0.493 e. The SMILES string of the molecule is COc1cccc(OCCNC(=O)Nc2cccc(C#N)c2)c1OC. The highest BCUT2D eigenvalue weighted by atomic mass is 16.5. The second-order valence-electron chi connectivity index (χ2n) is 4.91. The molecule has 0 fully saturated rings. The third-order valence-electron chi connectivity index (χ3n) is 3.26. The molecule has 0 heterocycles. The van der Waals surface area contributed by atoms with Crippen molar-refractivity contribution < 1.29 is 19.0 Å². The van der Waals surface area contributed by atoms with Crippen LogP contribution in [0.3, 0.4) is 0 Å². The predicted octanol–water partition coefficient (Wildman–Crippen LogP) is 2.78. The van der Waals surface area contributed by atoms with Crippen molar-refractivity contribution in [2.75, 3.05) is 32.7 Å². The van der Waals surface area contributed by atoms with E-state index >= 15 is 0 Å². The first kappa shape index (κ1) is 17.9. The van der Waals surface area contributed by atoms with Crippen LogP contribution in [0, 0.1) is 11.3 Å². The van der Waals surface area contributed by atoms with Gasteiger partial charge in [0.25, 0.3) is 0 Å². The standard InChI is InChI=1S/C18H19N3O4/c1-23-15-7-4-8-16(17(15)24-2)25-10-9-20-18(22)21-14-6-3-5-13(11-14)12-19/h3-8,11H,9-10H2,1-2H3,(H2,20,21,22). The minimum atomic E-state index is -0.378. The maximum Gasteiger partial charge on any atom is 0.319 e. The largest absolute Gasteiger partial charge is 0.493 e. The first-order valence-corrected chi connectivity index (χ1v) is 7.56. The lowest BCUT2D eigenvalue weighted by molar-refractivity contribution is 0.245. The number of nitriles is 1. The lowest BCUT2D eigenvalue weighted by atomic mass is 10.2. The van der Waals surface area contributed by atoms with Gasteiger partial charge in [0.2, 0.25) is 5.75 Å². The summed E-state index contributed by atoms with van der Waals surface area (Å²) in [5, 5.41) is 14.2. The molecular weight excluding hydrogens is 322 g/mol. The van der Waals surface area contributed by atoms with Crippen LogP contribution in [0.4, 0.5) is 10.5 Å². The summed E-state index contributed by atoms with van der Waals surface area (Å²) in [7, 11) is 3.08. The van der Waals surface area contributed by atoms with Crippen LogP contribution in [0.1, 0.15) is 5.56 Å². The van der Waals surface area contributed by atoms with Gasteiger partial charge < -0.3 is 24.8 Å². The number of methoxy groups -OCH3 is 2. The molecular formula is C18H19N3O4. The summed E-state index contributed by atoms with van der Waals surface area (Å²) < 4.78 is 16.1. The molecule has 2 rings (SSSR count). The lowest BCUT2D eigenvalue weighted by Gasteiger charge is -2.14. The number of hydrogen-bond donors (Lipinski definition) is 2. The summed E-state index contributed by atoms with van der Waals surface area (Å²) in [5.41, 5.74) is 1.03. The van der Waals surface area contributed by atoms with E-state index in [2.05, 4.69) is 10.6 Å². The van der Waals surface area contributed by atoms with Crippen LogP contribution in [0.5, 0.6) is 17.2 Å². The summed E-state index contributed by atoms with van der Waals surface area (Å²) in [5.74, 6) is 1.61. The maximum atomic E-state index is 11.8. The van der Waals surface area contributed by atoms with Gasteiger partial charge in [0.05, 0.1) is 32.4 Å². The van der Waals surface area contributed by atoms with Crippen molar-refractivity contribution in [3.63, 3.8) is 0 Å². The molecule has 0 aliphatic heterocycles. The number of carbonyl (C=O) groups excluding carboxylic acids is 1. The Morgan fingerprint density at radius 1 is 1.12 bits per heavy atom. The normalized spacial score (nSPS) is 9.64. The number of amides is 2. The van der Waals surface area contributed by atoms with Crippen LogP contribution in [0.25, 0.3) is 0 Å². The van der Waals surface area contributed by atoms with Crippen LogP contribution < -0.4 is 24.8 Å². The first-order chi connectivity index (χ1) is 12.2. The summed E-state index contributed by atoms with van der Waals surface area (Å²) in [6.45, 7) is 0.555. The van der Waals surface area contributed by atoms with Gasteiger partial charge in [0.1, 0.15) is 6.61 Å². The van der Waals surface area contributed by atoms with E-state index in [9.17, 15) is 4.79 Å². The topological polar surface area (TPSA) is 92.6 Å². The van der Waals surface area contributed by atoms with Gasteiger partial charge in [-0.25, -0.2) is 4.79 Å². The number of rotatable bonds is 7. The fourth-order valence-corrected chi connectivity index (χ4v) is 2.14. The van der Waals surface area contributed by atoms with E-state index in [4.69, 9.17) is 19.5 Å². The number of ether oxygens (including phenoxy) is 3. The zero-order valence-corrected chi connectivity index (χ0v) is 14.0. The molecule has 0 atom stereocenters. The third kappa shape index (κ3) is 5.04. The third-order valence-corrected chi connectivity index (χ3v) is 3.26. The van der Waals surface area contributed by atoms with Crippen LogP contribution in [0.2, 0.25) is 0 Å². The van der Waals surface area contributed by atoms with Gasteiger partial charge in [-0.05, 0) is 30.3 Å². The number of nitrogens with one attached hydrogen (secondary N) is 2. The van der Waals surface area contributed by atoms with Crippen LogP contribution in [-0.4, -0.2) is 33.4 Å². The summed E-state index contributed by atoms with van der Waals surface area (Å²) >= 11 is 0. The van der Waals surface area contributed by atoms with E-state index in [1.165, 1.54) is 7.11 Å². The van der Waals surface area contributed by atoms with Crippen LogP contribution in [0.15, 0.2) is 42.5 Å². The smallest absolute Gasteiger partial charge is 0.319 e. The van der Waals surface area contributed by atoms with Crippen molar-refractivity contribution in [3.05, 3.63) is 48.0 Å². The van der Waals surface area contributed by atoms with E-state index < -0.39 is 0 Å². The van der Waals surface area contributed by atoms with E-state index in [1.807, 2.05) is 6.07 Å². The van der Waals surface area contributed by atoms with Crippen molar-refractivity contribution in [2.45, 2.75) is 0 Å². The van der Waals surface area contributed by atoms with Crippen molar-refractivity contribution in [3.8, 4) is 23.3 Å². The Labute approximate surface area is 146 Å². The average Bonchev–Trinajstić information content (AvgIpc) is 2.64. The molecule has 2 amide bonds. The Kier molecular flexibility index (Phi) is 6.48. The Morgan fingerprint density at radius 3 is 2.60 bits per heavy atom. The maximum absolute atomic E-state index is 11.8. The molecule has 2 N–H and O–H groups in total. The highest BCUT2D eigenvalue weighted by Crippen LogP contribution is 2.36. The number of hydrogen-bond acceptors (Lipinski definition) is 5. The van der Waals surface area contributed by atoms with Gasteiger partial charge >= 0.3 is 6.03 Å². The Morgan fingerprint density at radius 2 is 1.88 bits per heavy atom. The van der Waals surface area contributed by atoms with Gasteiger partial charge in [-0.1, -0.05) is 12.1 Å². The fourth-order valence-electron chi connectivity index (χ4n) is 2.14. The molecule has 0 bridgehead atoms. The summed E-state index contributed by atoms with van der Waals surface area (Å²) in [6, 6.07) is 13.6. The number of para-hydroxylation sites is 1. The molecule has 0 aliphatic carbocycles. The Bertz CT molecular complexity index is 771. The molecule has 7 nitrogen and oxygen atoms in total. The second-order valence-corrected chi connectivity index (χ2v) is 4.91. The van der Waals surface area contributed by atoms with Crippen LogP contribution in [-0.2, 0) is 0 Å². The molecule has 25 heavy (non-hydrogen) atoms. The monoisotopic (exact) mass is 341 g/mol. The Balaban J connectivity index is 1.81. The quantitative estimate of drug-likeness (QED) is 0.756. The molecule has 2 aromatic rings. The van der Waals surface area contributed by atoms with Gasteiger partial charge in [-0.3, -0.25) is 0 Å². The van der Waals surface area contributed by atoms with Gasteiger partial charge in [-0.15, -0.1) is 0 Å². The van der Waals surface area contributed by atoms with E-state index in [-0.39, 0.29) is 12.6 Å². The number of anilines is 1. The molecule has 0 saturated carbocycles. The van der Waals surface area contributed by atoms with Crippen molar-refractivity contribution in [1.29, 1.82) is 5.26 Å². The lowest BCUT2D eigenvalue weighted by Crippen LogP contribution is -2.32. The zero-order valence-electron chi connectivity index (χ0n) is 14.0. The minimum absolute atomic E-state index is 0.259. The molecule has 2 aromatic carbocycles. The van der Waals surface area contributed by atoms with Gasteiger partial charge in [-0.2, -0.15) is 5.26 Å². The zero-order chi connectivity index (χ0) is 18.1. The molecule has 7 heteroatoms. The van der Waals surface area contributed by atoms with Gasteiger partial charge in [0.15, 0.2) is 11.5 Å². The average molecular weight is 341 g/mol. The molecule has 0 saturated heterocycles. The first-order valence-electron chi connectivity index (χ1n) is 7.56. The molecule has 130 valence electrons. The van der Waals surface area contributed by atoms with Crippen molar-refractivity contribution in [2.24, 2.45) is 0 Å². The summed E-state index contributed by atoms with van der Waals surface area (Å²) in [6.07, 6.45) is 0. The highest BCUT2D eigenvalue weighted by Gasteiger charge is 2.10. The molecule has 0 aromatic heterocycles. The molecule has 0 aliphatic rings. The summed E-state index contributed by atoms with van der Waals surface area (Å²) in [4.78, 5) is 11.8. The van der Waals surface area contributed by atoms with E-state index in [0.29, 0.717) is 35.0 Å². The number of urea groups is 1. The number of nitrogens with zero attached hydrogens (tertiary/aromatic N) is 1. The predicted molar refractivity (Wildman–Crippen MR) is 93.2 cm³/mol.